The van der Waals surface area contributed by atoms with Gasteiger partial charge in [-0.1, -0.05) is 28.9 Å². The van der Waals surface area contributed by atoms with E-state index in [2.05, 4.69) is 15.6 Å². The van der Waals surface area contributed by atoms with Crippen LogP contribution in [0, 0.1) is 10.1 Å². The molecule has 13 nitrogen and oxygen atoms in total. The SMILES string of the molecule is COc1ccccc1-c1nnn(C)c1C(=O)N1CCN(c2cc(NC(=O)c3ccc(N(C)C)cc3)c([N+](=O)[O-])cc2Cl)CC1. The van der Waals surface area contributed by atoms with Gasteiger partial charge < -0.3 is 24.8 Å². The van der Waals surface area contributed by atoms with E-state index in [4.69, 9.17) is 16.3 Å². The Morgan fingerprint density at radius 1 is 1.05 bits per heavy atom. The highest BCUT2D eigenvalue weighted by molar-refractivity contribution is 6.33. The van der Waals surface area contributed by atoms with Crippen molar-refractivity contribution in [1.29, 1.82) is 0 Å². The highest BCUT2D eigenvalue weighted by Crippen LogP contribution is 2.37. The van der Waals surface area contributed by atoms with Crippen LogP contribution >= 0.6 is 11.6 Å². The van der Waals surface area contributed by atoms with Gasteiger partial charge in [-0.25, -0.2) is 4.68 Å². The molecule has 1 N–H and O–H groups in total. The second kappa shape index (κ2) is 12.6. The summed E-state index contributed by atoms with van der Waals surface area (Å²) in [6, 6.07) is 16.9. The molecule has 44 heavy (non-hydrogen) atoms. The van der Waals surface area contributed by atoms with Gasteiger partial charge in [0.1, 0.15) is 17.1 Å². The average molecular weight is 619 g/mol. The van der Waals surface area contributed by atoms with Crippen LogP contribution in [0.1, 0.15) is 20.8 Å². The van der Waals surface area contributed by atoms with Crippen LogP contribution in [0.4, 0.5) is 22.7 Å². The minimum atomic E-state index is -0.585. The van der Waals surface area contributed by atoms with Crippen molar-refractivity contribution in [2.75, 3.05) is 62.5 Å². The summed E-state index contributed by atoms with van der Waals surface area (Å²) in [6.07, 6.45) is 0. The van der Waals surface area contributed by atoms with Crippen molar-refractivity contribution in [1.82, 2.24) is 19.9 Å². The van der Waals surface area contributed by atoms with E-state index in [1.807, 2.05) is 42.1 Å². The van der Waals surface area contributed by atoms with Gasteiger partial charge in [0.2, 0.25) is 0 Å². The maximum Gasteiger partial charge on any atom is 0.294 e. The zero-order chi connectivity index (χ0) is 31.5. The maximum absolute atomic E-state index is 13.7. The van der Waals surface area contributed by atoms with E-state index in [-0.39, 0.29) is 22.3 Å². The van der Waals surface area contributed by atoms with Gasteiger partial charge in [0, 0.05) is 70.2 Å². The molecule has 5 rings (SSSR count). The second-order valence-electron chi connectivity index (χ2n) is 10.4. The molecule has 3 aromatic carbocycles. The number of aryl methyl sites for hydroxylation is 1. The number of amides is 2. The molecule has 0 bridgehead atoms. The summed E-state index contributed by atoms with van der Waals surface area (Å²) in [5, 5.41) is 23.0. The number of aromatic nitrogens is 3. The highest BCUT2D eigenvalue weighted by atomic mass is 35.5. The predicted molar refractivity (Wildman–Crippen MR) is 168 cm³/mol. The van der Waals surface area contributed by atoms with Gasteiger partial charge in [-0.15, -0.1) is 5.10 Å². The lowest BCUT2D eigenvalue weighted by molar-refractivity contribution is -0.383. The first-order chi connectivity index (χ1) is 21.1. The van der Waals surface area contributed by atoms with Gasteiger partial charge >= 0.3 is 0 Å². The van der Waals surface area contributed by atoms with Crippen molar-refractivity contribution >= 4 is 46.2 Å². The Bertz CT molecular complexity index is 1720. The minimum Gasteiger partial charge on any atom is -0.496 e. The van der Waals surface area contributed by atoms with E-state index in [0.717, 1.165) is 5.69 Å². The smallest absolute Gasteiger partial charge is 0.294 e. The molecule has 0 atom stereocenters. The number of ether oxygens (including phenoxy) is 1. The van der Waals surface area contributed by atoms with Crippen LogP contribution in [-0.4, -0.2) is 84.0 Å². The number of carbonyl (C=O) groups excluding carboxylic acids is 2. The molecule has 0 aliphatic carbocycles. The van der Waals surface area contributed by atoms with E-state index < -0.39 is 10.8 Å². The number of nitrogens with zero attached hydrogens (tertiary/aromatic N) is 7. The molecule has 0 unspecified atom stereocenters. The van der Waals surface area contributed by atoms with Crippen molar-refractivity contribution in [3.63, 3.8) is 0 Å². The van der Waals surface area contributed by atoms with Crippen LogP contribution in [0.15, 0.2) is 60.7 Å². The summed E-state index contributed by atoms with van der Waals surface area (Å²) < 4.78 is 6.92. The first-order valence-corrected chi connectivity index (χ1v) is 14.1. The van der Waals surface area contributed by atoms with Gasteiger partial charge in [-0.05, 0) is 42.5 Å². The topological polar surface area (TPSA) is 139 Å². The summed E-state index contributed by atoms with van der Waals surface area (Å²) in [6.45, 7) is 1.50. The van der Waals surface area contributed by atoms with E-state index in [9.17, 15) is 19.7 Å². The van der Waals surface area contributed by atoms with Crippen molar-refractivity contribution in [2.45, 2.75) is 0 Å². The lowest BCUT2D eigenvalue weighted by Crippen LogP contribution is -2.49. The Labute approximate surface area is 258 Å². The zero-order valence-electron chi connectivity index (χ0n) is 24.7. The lowest BCUT2D eigenvalue weighted by atomic mass is 10.1. The number of hydrogen-bond donors (Lipinski definition) is 1. The van der Waals surface area contributed by atoms with Gasteiger partial charge in [0.25, 0.3) is 17.5 Å². The van der Waals surface area contributed by atoms with Crippen molar-refractivity contribution in [3.05, 3.63) is 87.1 Å². The van der Waals surface area contributed by atoms with Crippen LogP contribution in [-0.2, 0) is 7.05 Å². The number of benzene rings is 3. The Morgan fingerprint density at radius 2 is 1.73 bits per heavy atom. The molecule has 2 amide bonds. The Hall–Kier alpha value is -5.17. The molecule has 1 saturated heterocycles. The number of nitrogens with one attached hydrogen (secondary N) is 1. The van der Waals surface area contributed by atoms with E-state index in [1.165, 1.54) is 16.8 Å². The maximum atomic E-state index is 13.7. The molecular formula is C30H31ClN8O5. The van der Waals surface area contributed by atoms with Crippen LogP contribution in [0.5, 0.6) is 5.75 Å². The summed E-state index contributed by atoms with van der Waals surface area (Å²) in [7, 11) is 6.99. The molecule has 1 aliphatic rings. The largest absolute Gasteiger partial charge is 0.496 e. The molecule has 0 radical (unpaired) electrons. The number of anilines is 3. The zero-order valence-corrected chi connectivity index (χ0v) is 25.4. The molecule has 228 valence electrons. The summed E-state index contributed by atoms with van der Waals surface area (Å²) in [4.78, 5) is 43.5. The standard InChI is InChI=1S/C30H31ClN8O5/c1-35(2)20-11-9-19(10-12-20)29(40)32-23-18-24(22(31)17-25(23)39(42)43)37-13-15-38(16-14-37)30(41)28-27(33-34-36(28)3)21-7-5-6-8-26(21)44-4/h5-12,17-18H,13-16H2,1-4H3,(H,32,40). The molecule has 1 fully saturated rings. The van der Waals surface area contributed by atoms with Crippen molar-refractivity contribution < 1.29 is 19.2 Å². The number of para-hydroxylation sites is 1. The summed E-state index contributed by atoms with van der Waals surface area (Å²) in [5.74, 6) is -0.146. The fourth-order valence-corrected chi connectivity index (χ4v) is 5.35. The lowest BCUT2D eigenvalue weighted by Gasteiger charge is -2.36. The van der Waals surface area contributed by atoms with Gasteiger partial charge in [-0.3, -0.25) is 19.7 Å². The van der Waals surface area contributed by atoms with E-state index >= 15 is 0 Å². The Balaban J connectivity index is 1.34. The normalized spacial score (nSPS) is 13.0. The van der Waals surface area contributed by atoms with Crippen LogP contribution in [0.3, 0.4) is 0 Å². The van der Waals surface area contributed by atoms with Crippen LogP contribution in [0.25, 0.3) is 11.3 Å². The number of halogens is 1. The molecule has 1 aliphatic heterocycles. The molecule has 0 saturated carbocycles. The number of nitro benzene ring substituents is 1. The molecular weight excluding hydrogens is 588 g/mol. The summed E-state index contributed by atoms with van der Waals surface area (Å²) >= 11 is 6.52. The number of carbonyl (C=O) groups is 2. The Kier molecular flexibility index (Phi) is 8.67. The monoisotopic (exact) mass is 618 g/mol. The highest BCUT2D eigenvalue weighted by Gasteiger charge is 2.30. The fraction of sp³-hybridized carbons (Fsp3) is 0.267. The quantitative estimate of drug-likeness (QED) is 0.226. The van der Waals surface area contributed by atoms with Gasteiger partial charge in [0.15, 0.2) is 5.69 Å². The average Bonchev–Trinajstić information content (AvgIpc) is 3.42. The third kappa shape index (κ3) is 5.99. The number of rotatable bonds is 8. The van der Waals surface area contributed by atoms with Crippen molar-refractivity contribution in [2.24, 2.45) is 7.05 Å². The first-order valence-electron chi connectivity index (χ1n) is 13.7. The minimum absolute atomic E-state index is 0.0250. The third-order valence-corrected chi connectivity index (χ3v) is 7.76. The number of piperazine rings is 1. The number of nitro groups is 1. The fourth-order valence-electron chi connectivity index (χ4n) is 5.07. The molecule has 2 heterocycles. The third-order valence-electron chi connectivity index (χ3n) is 7.45. The second-order valence-corrected chi connectivity index (χ2v) is 10.8. The van der Waals surface area contributed by atoms with Crippen LogP contribution in [0.2, 0.25) is 5.02 Å². The van der Waals surface area contributed by atoms with Gasteiger partial charge in [0.05, 0.1) is 22.7 Å². The predicted octanol–water partition coefficient (Wildman–Crippen LogP) is 4.33. The van der Waals surface area contributed by atoms with Crippen LogP contribution < -0.4 is 19.9 Å². The Morgan fingerprint density at radius 3 is 2.36 bits per heavy atom. The first kappa shape index (κ1) is 30.3. The van der Waals surface area contributed by atoms with E-state index in [0.29, 0.717) is 60.1 Å². The number of hydrogen-bond acceptors (Lipinski definition) is 9. The van der Waals surface area contributed by atoms with Gasteiger partial charge in [-0.2, -0.15) is 0 Å². The molecule has 0 spiro atoms. The molecule has 14 heteroatoms. The van der Waals surface area contributed by atoms with E-state index in [1.54, 1.807) is 49.4 Å². The molecule has 1 aromatic heterocycles. The number of methoxy groups -OCH3 is 1. The summed E-state index contributed by atoms with van der Waals surface area (Å²) in [5.41, 5.74) is 2.90. The molecule has 4 aromatic rings. The van der Waals surface area contributed by atoms with Crippen molar-refractivity contribution in [3.8, 4) is 17.0 Å².